The van der Waals surface area contributed by atoms with Gasteiger partial charge in [-0.05, 0) is 20.3 Å². The molecule has 0 N–H and O–H groups in total. The quantitative estimate of drug-likeness (QED) is 0.697. The molecule has 3 aliphatic rings. The van der Waals surface area contributed by atoms with Crippen LogP contribution in [0, 0.1) is 0 Å². The van der Waals surface area contributed by atoms with Crippen molar-refractivity contribution in [3.63, 3.8) is 0 Å². The lowest BCUT2D eigenvalue weighted by atomic mass is 10.0. The second-order valence-corrected chi connectivity index (χ2v) is 4.97. The van der Waals surface area contributed by atoms with E-state index in [1.165, 1.54) is 0 Å². The van der Waals surface area contributed by atoms with Gasteiger partial charge >= 0.3 is 0 Å². The average molecular weight is 230 g/mol. The first-order valence-corrected chi connectivity index (χ1v) is 5.76. The molecule has 0 spiro atoms. The Morgan fingerprint density at radius 3 is 2.50 bits per heavy atom. The van der Waals surface area contributed by atoms with Crippen LogP contribution < -0.4 is 0 Å². The molecule has 3 heterocycles. The highest BCUT2D eigenvalue weighted by atomic mass is 16.8. The van der Waals surface area contributed by atoms with E-state index < -0.39 is 5.79 Å². The highest BCUT2D eigenvalue weighted by Gasteiger charge is 2.57. The maximum atomic E-state index is 5.83. The minimum absolute atomic E-state index is 0.0650. The summed E-state index contributed by atoms with van der Waals surface area (Å²) in [6.07, 6.45) is 0.518. The predicted molar refractivity (Wildman–Crippen MR) is 53.9 cm³/mol. The Labute approximate surface area is 94.9 Å². The highest BCUT2D eigenvalue weighted by molar-refractivity contribution is 4.98. The smallest absolute Gasteiger partial charge is 0.190 e. The van der Waals surface area contributed by atoms with Crippen LogP contribution in [0.2, 0.25) is 0 Å². The van der Waals surface area contributed by atoms with Crippen LogP contribution in [0.1, 0.15) is 20.3 Å². The van der Waals surface area contributed by atoms with Crippen LogP contribution in [0.5, 0.6) is 0 Å². The minimum Gasteiger partial charge on any atom is -0.376 e. The lowest BCUT2D eigenvalue weighted by molar-refractivity contribution is -0.243. The van der Waals surface area contributed by atoms with Gasteiger partial charge in [-0.25, -0.2) is 0 Å². The molecule has 1 unspecified atom stereocenters. The van der Waals surface area contributed by atoms with E-state index in [0.29, 0.717) is 0 Å². The Morgan fingerprint density at radius 2 is 1.94 bits per heavy atom. The van der Waals surface area contributed by atoms with E-state index in [4.69, 9.17) is 23.7 Å². The lowest BCUT2D eigenvalue weighted by Gasteiger charge is -2.35. The third-order valence-electron chi connectivity index (χ3n) is 3.40. The molecule has 0 aromatic carbocycles. The molecule has 92 valence electrons. The molecule has 5 atom stereocenters. The van der Waals surface area contributed by atoms with Gasteiger partial charge < -0.3 is 23.7 Å². The van der Waals surface area contributed by atoms with Crippen molar-refractivity contribution in [2.24, 2.45) is 0 Å². The van der Waals surface area contributed by atoms with E-state index in [1.807, 2.05) is 13.8 Å². The Hall–Kier alpha value is -0.200. The molecule has 0 aromatic rings. The number of hydrogen-bond donors (Lipinski definition) is 0. The maximum Gasteiger partial charge on any atom is 0.190 e. The number of ether oxygens (including phenoxy) is 5. The van der Waals surface area contributed by atoms with Gasteiger partial charge in [-0.15, -0.1) is 0 Å². The summed E-state index contributed by atoms with van der Waals surface area (Å²) in [6.45, 7) is 4.58. The second-order valence-electron chi connectivity index (χ2n) is 4.97. The lowest BCUT2D eigenvalue weighted by Crippen LogP contribution is -2.47. The van der Waals surface area contributed by atoms with E-state index in [2.05, 4.69) is 0 Å². The fourth-order valence-corrected chi connectivity index (χ4v) is 2.58. The number of fused-ring (bicyclic) bond motifs is 1. The Bertz CT molecular complexity index is 276. The molecule has 0 radical (unpaired) electrons. The average Bonchev–Trinajstić information content (AvgIpc) is 2.53. The first-order chi connectivity index (χ1) is 7.61. The van der Waals surface area contributed by atoms with E-state index >= 15 is 0 Å². The number of rotatable bonds is 2. The van der Waals surface area contributed by atoms with Crippen molar-refractivity contribution < 1.29 is 23.7 Å². The van der Waals surface area contributed by atoms with Crippen molar-refractivity contribution in [1.82, 2.24) is 0 Å². The van der Waals surface area contributed by atoms with Crippen molar-refractivity contribution >= 4 is 0 Å². The van der Waals surface area contributed by atoms with Crippen molar-refractivity contribution in [2.75, 3.05) is 13.7 Å². The molecular weight excluding hydrogens is 212 g/mol. The van der Waals surface area contributed by atoms with E-state index in [9.17, 15) is 0 Å². The molecule has 0 aliphatic carbocycles. The number of hydrogen-bond acceptors (Lipinski definition) is 5. The van der Waals surface area contributed by atoms with Gasteiger partial charge in [0.25, 0.3) is 0 Å². The summed E-state index contributed by atoms with van der Waals surface area (Å²) in [5, 5.41) is 0. The predicted octanol–water partition coefficient (Wildman–Crippen LogP) is 0.667. The first-order valence-electron chi connectivity index (χ1n) is 5.76. The highest BCUT2D eigenvalue weighted by Crippen LogP contribution is 2.41. The van der Waals surface area contributed by atoms with Crippen molar-refractivity contribution in [1.29, 1.82) is 0 Å². The van der Waals surface area contributed by atoms with Crippen molar-refractivity contribution in [2.45, 2.75) is 56.8 Å². The van der Waals surface area contributed by atoms with E-state index in [-0.39, 0.29) is 30.7 Å². The van der Waals surface area contributed by atoms with Gasteiger partial charge in [0.15, 0.2) is 12.1 Å². The minimum atomic E-state index is -0.586. The third kappa shape index (κ3) is 1.58. The first kappa shape index (κ1) is 10.9. The molecule has 0 aromatic heterocycles. The molecule has 3 saturated heterocycles. The molecule has 0 saturated carbocycles. The Kier molecular flexibility index (Phi) is 2.49. The van der Waals surface area contributed by atoms with Gasteiger partial charge in [-0.2, -0.15) is 0 Å². The fourth-order valence-electron chi connectivity index (χ4n) is 2.58. The summed E-state index contributed by atoms with van der Waals surface area (Å²) in [5.74, 6) is -0.586. The summed E-state index contributed by atoms with van der Waals surface area (Å²) < 4.78 is 28.2. The zero-order valence-electron chi connectivity index (χ0n) is 9.84. The zero-order chi connectivity index (χ0) is 11.3. The normalized spacial score (nSPS) is 50.1. The Balaban J connectivity index is 1.73. The van der Waals surface area contributed by atoms with Gasteiger partial charge in [0.05, 0.1) is 6.10 Å². The third-order valence-corrected chi connectivity index (χ3v) is 3.40. The van der Waals surface area contributed by atoms with Gasteiger partial charge in [-0.3, -0.25) is 0 Å². The molecule has 0 bridgehead atoms. The standard InChI is InChI=1S/C11H18O5/c1-11(2)15-9-8(12-3)7(6-4-5-13-6)14-10(9)16-11/h6-10H,4-5H2,1-3H3/t6?,7-,8+,9-,10-/m1/s1. The summed E-state index contributed by atoms with van der Waals surface area (Å²) >= 11 is 0. The van der Waals surface area contributed by atoms with Gasteiger partial charge in [0.2, 0.25) is 0 Å². The molecule has 5 nitrogen and oxygen atoms in total. The molecule has 16 heavy (non-hydrogen) atoms. The summed E-state index contributed by atoms with van der Waals surface area (Å²) in [5.41, 5.74) is 0. The van der Waals surface area contributed by atoms with Crippen LogP contribution in [0.4, 0.5) is 0 Å². The van der Waals surface area contributed by atoms with Gasteiger partial charge in [-0.1, -0.05) is 0 Å². The van der Waals surface area contributed by atoms with E-state index in [1.54, 1.807) is 7.11 Å². The van der Waals surface area contributed by atoms with Crippen LogP contribution in [0.3, 0.4) is 0 Å². The van der Waals surface area contributed by atoms with Gasteiger partial charge in [0, 0.05) is 13.7 Å². The molecule has 5 heteroatoms. The van der Waals surface area contributed by atoms with Gasteiger partial charge in [0.1, 0.15) is 18.3 Å². The largest absolute Gasteiger partial charge is 0.376 e. The number of methoxy groups -OCH3 is 1. The fraction of sp³-hybridized carbons (Fsp3) is 1.00. The molecule has 3 aliphatic heterocycles. The van der Waals surface area contributed by atoms with Crippen LogP contribution in [0.15, 0.2) is 0 Å². The summed E-state index contributed by atoms with van der Waals surface area (Å²) in [7, 11) is 1.68. The van der Waals surface area contributed by atoms with Crippen LogP contribution in [0.25, 0.3) is 0 Å². The molecule has 3 fully saturated rings. The second kappa shape index (κ2) is 3.65. The van der Waals surface area contributed by atoms with Crippen molar-refractivity contribution in [3.05, 3.63) is 0 Å². The molecule has 0 amide bonds. The SMILES string of the molecule is CO[C@@H]1[C@H]2OC(C)(C)O[C@H]2O[C@@H]1C1CCO1. The maximum absolute atomic E-state index is 5.83. The molecular formula is C11H18O5. The summed E-state index contributed by atoms with van der Waals surface area (Å²) in [6, 6.07) is 0. The van der Waals surface area contributed by atoms with Crippen LogP contribution in [-0.4, -0.2) is 50.2 Å². The summed E-state index contributed by atoms with van der Waals surface area (Å²) in [4.78, 5) is 0. The van der Waals surface area contributed by atoms with Crippen molar-refractivity contribution in [3.8, 4) is 0 Å². The van der Waals surface area contributed by atoms with E-state index in [0.717, 1.165) is 13.0 Å². The topological polar surface area (TPSA) is 46.2 Å². The van der Waals surface area contributed by atoms with Crippen LogP contribution in [-0.2, 0) is 23.7 Å². The Morgan fingerprint density at radius 1 is 1.19 bits per heavy atom. The molecule has 3 rings (SSSR count). The zero-order valence-corrected chi connectivity index (χ0v) is 9.84. The van der Waals surface area contributed by atoms with Crippen LogP contribution >= 0.6 is 0 Å². The monoisotopic (exact) mass is 230 g/mol.